The molecule has 1 N–H and O–H groups in total. The van der Waals surface area contributed by atoms with E-state index in [0.717, 1.165) is 0 Å². The van der Waals surface area contributed by atoms with Crippen molar-refractivity contribution in [2.24, 2.45) is 0 Å². The van der Waals surface area contributed by atoms with Crippen LogP contribution in [0.1, 0.15) is 23.7 Å². The van der Waals surface area contributed by atoms with Gasteiger partial charge in [-0.15, -0.1) is 0 Å². The second kappa shape index (κ2) is 6.34. The van der Waals surface area contributed by atoms with E-state index in [9.17, 15) is 9.59 Å². The van der Waals surface area contributed by atoms with Gasteiger partial charge in [-0.2, -0.15) is 0 Å². The maximum atomic E-state index is 12.0. The van der Waals surface area contributed by atoms with E-state index in [2.05, 4.69) is 20.9 Å². The molecule has 92 valence electrons. The standard InChI is InChI=1S/C11H13BrN2O3/c1-2-5-14(7-10(15)16)11(17)8-3-4-9(12)13-6-8/h3-4,6H,2,5,7H2,1H3,(H,15,16). The van der Waals surface area contributed by atoms with Crippen LogP contribution in [0.5, 0.6) is 0 Å². The van der Waals surface area contributed by atoms with Gasteiger partial charge in [-0.1, -0.05) is 6.92 Å². The lowest BCUT2D eigenvalue weighted by Gasteiger charge is -2.19. The van der Waals surface area contributed by atoms with Gasteiger partial charge in [0.25, 0.3) is 5.91 Å². The molecule has 0 unspecified atom stereocenters. The fourth-order valence-electron chi connectivity index (χ4n) is 1.37. The Hall–Kier alpha value is -1.43. The summed E-state index contributed by atoms with van der Waals surface area (Å²) in [5, 5.41) is 8.73. The van der Waals surface area contributed by atoms with Crippen molar-refractivity contribution in [3.63, 3.8) is 0 Å². The monoisotopic (exact) mass is 300 g/mol. The summed E-state index contributed by atoms with van der Waals surface area (Å²) in [5.41, 5.74) is 0.392. The van der Waals surface area contributed by atoms with E-state index in [1.807, 2.05) is 6.92 Å². The van der Waals surface area contributed by atoms with E-state index < -0.39 is 5.97 Å². The SMILES string of the molecule is CCCN(CC(=O)O)C(=O)c1ccc(Br)nc1. The molecule has 5 nitrogen and oxygen atoms in total. The van der Waals surface area contributed by atoms with Gasteiger partial charge in [0.15, 0.2) is 0 Å². The largest absolute Gasteiger partial charge is 0.480 e. The number of carboxylic acid groups (broad SMARTS) is 1. The van der Waals surface area contributed by atoms with Gasteiger partial charge < -0.3 is 10.0 Å². The first-order chi connectivity index (χ1) is 8.04. The van der Waals surface area contributed by atoms with E-state index in [0.29, 0.717) is 23.1 Å². The van der Waals surface area contributed by atoms with Crippen molar-refractivity contribution >= 4 is 27.8 Å². The Kier molecular flexibility index (Phi) is 5.09. The molecule has 0 aliphatic carbocycles. The number of hydrogen-bond acceptors (Lipinski definition) is 3. The Labute approximate surface area is 108 Å². The van der Waals surface area contributed by atoms with Crippen molar-refractivity contribution in [2.75, 3.05) is 13.1 Å². The Morgan fingerprint density at radius 1 is 1.47 bits per heavy atom. The molecule has 1 aromatic rings. The van der Waals surface area contributed by atoms with Crippen molar-refractivity contribution in [1.29, 1.82) is 0 Å². The highest BCUT2D eigenvalue weighted by Crippen LogP contribution is 2.09. The first-order valence-electron chi connectivity index (χ1n) is 5.17. The summed E-state index contributed by atoms with van der Waals surface area (Å²) in [6, 6.07) is 3.27. The van der Waals surface area contributed by atoms with Crippen LogP contribution in [0.25, 0.3) is 0 Å². The Balaban J connectivity index is 2.83. The predicted molar refractivity (Wildman–Crippen MR) is 65.8 cm³/mol. The normalized spacial score (nSPS) is 10.0. The van der Waals surface area contributed by atoms with Crippen LogP contribution in [-0.2, 0) is 4.79 Å². The second-order valence-corrected chi connectivity index (χ2v) is 4.30. The number of nitrogens with zero attached hydrogens (tertiary/aromatic N) is 2. The average molecular weight is 301 g/mol. The van der Waals surface area contributed by atoms with Gasteiger partial charge in [0.05, 0.1) is 5.56 Å². The number of hydrogen-bond donors (Lipinski definition) is 1. The molecule has 1 aromatic heterocycles. The maximum Gasteiger partial charge on any atom is 0.323 e. The van der Waals surface area contributed by atoms with E-state index in [-0.39, 0.29) is 12.5 Å². The third-order valence-corrected chi connectivity index (χ3v) is 2.55. The van der Waals surface area contributed by atoms with Crippen LogP contribution in [0.15, 0.2) is 22.9 Å². The summed E-state index contributed by atoms with van der Waals surface area (Å²) in [4.78, 5) is 27.9. The summed E-state index contributed by atoms with van der Waals surface area (Å²) in [5.74, 6) is -1.33. The van der Waals surface area contributed by atoms with Crippen LogP contribution in [0, 0.1) is 0 Å². The van der Waals surface area contributed by atoms with E-state index >= 15 is 0 Å². The minimum atomic E-state index is -1.02. The van der Waals surface area contributed by atoms with E-state index in [1.54, 1.807) is 12.1 Å². The van der Waals surface area contributed by atoms with Crippen LogP contribution in [-0.4, -0.2) is 40.0 Å². The first kappa shape index (κ1) is 13.6. The highest BCUT2D eigenvalue weighted by atomic mass is 79.9. The van der Waals surface area contributed by atoms with Gasteiger partial charge in [-0.3, -0.25) is 9.59 Å². The molecule has 0 radical (unpaired) electrons. The quantitative estimate of drug-likeness (QED) is 0.842. The number of pyridine rings is 1. The second-order valence-electron chi connectivity index (χ2n) is 3.49. The molecule has 0 saturated carbocycles. The minimum absolute atomic E-state index is 0.289. The average Bonchev–Trinajstić information content (AvgIpc) is 2.28. The Morgan fingerprint density at radius 2 is 2.18 bits per heavy atom. The third-order valence-electron chi connectivity index (χ3n) is 2.08. The van der Waals surface area contributed by atoms with Crippen molar-refractivity contribution in [3.8, 4) is 0 Å². The summed E-state index contributed by atoms with van der Waals surface area (Å²) < 4.78 is 0.634. The zero-order valence-corrected chi connectivity index (χ0v) is 11.0. The molecule has 0 atom stereocenters. The molecular formula is C11H13BrN2O3. The first-order valence-corrected chi connectivity index (χ1v) is 5.96. The van der Waals surface area contributed by atoms with Crippen molar-refractivity contribution in [1.82, 2.24) is 9.88 Å². The molecule has 1 rings (SSSR count). The van der Waals surface area contributed by atoms with Gasteiger partial charge in [0.1, 0.15) is 11.1 Å². The fraction of sp³-hybridized carbons (Fsp3) is 0.364. The fourth-order valence-corrected chi connectivity index (χ4v) is 1.61. The van der Waals surface area contributed by atoms with Crippen molar-refractivity contribution < 1.29 is 14.7 Å². The summed E-state index contributed by atoms with van der Waals surface area (Å²) >= 11 is 3.17. The number of carbonyl (C=O) groups is 2. The van der Waals surface area contributed by atoms with Gasteiger partial charge >= 0.3 is 5.97 Å². The maximum absolute atomic E-state index is 12.0. The number of carboxylic acids is 1. The molecule has 0 fully saturated rings. The number of rotatable bonds is 5. The van der Waals surface area contributed by atoms with Gasteiger partial charge in [0.2, 0.25) is 0 Å². The van der Waals surface area contributed by atoms with Crippen LogP contribution in [0.2, 0.25) is 0 Å². The number of aliphatic carboxylic acids is 1. The third kappa shape index (κ3) is 4.14. The number of amides is 1. The highest BCUT2D eigenvalue weighted by molar-refractivity contribution is 9.10. The lowest BCUT2D eigenvalue weighted by Crippen LogP contribution is -2.36. The molecule has 1 heterocycles. The minimum Gasteiger partial charge on any atom is -0.480 e. The van der Waals surface area contributed by atoms with Crippen molar-refractivity contribution in [2.45, 2.75) is 13.3 Å². The molecule has 0 aliphatic heterocycles. The molecule has 1 amide bonds. The van der Waals surface area contributed by atoms with Gasteiger partial charge in [0, 0.05) is 12.7 Å². The predicted octanol–water partition coefficient (Wildman–Crippen LogP) is 1.78. The smallest absolute Gasteiger partial charge is 0.323 e. The molecular weight excluding hydrogens is 288 g/mol. The highest BCUT2D eigenvalue weighted by Gasteiger charge is 2.17. The zero-order chi connectivity index (χ0) is 12.8. The topological polar surface area (TPSA) is 70.5 Å². The van der Waals surface area contributed by atoms with Gasteiger partial charge in [-0.25, -0.2) is 4.98 Å². The molecule has 0 spiro atoms. The summed E-state index contributed by atoms with van der Waals surface area (Å²) in [7, 11) is 0. The Bertz CT molecular complexity index is 406. The van der Waals surface area contributed by atoms with Crippen LogP contribution in [0.4, 0.5) is 0 Å². The van der Waals surface area contributed by atoms with Crippen molar-refractivity contribution in [3.05, 3.63) is 28.5 Å². The zero-order valence-electron chi connectivity index (χ0n) is 9.39. The molecule has 17 heavy (non-hydrogen) atoms. The molecule has 0 bridgehead atoms. The molecule has 6 heteroatoms. The van der Waals surface area contributed by atoms with Crippen LogP contribution < -0.4 is 0 Å². The van der Waals surface area contributed by atoms with Gasteiger partial charge in [-0.05, 0) is 34.5 Å². The lowest BCUT2D eigenvalue weighted by molar-refractivity contribution is -0.137. The summed E-state index contributed by atoms with van der Waals surface area (Å²) in [6.07, 6.45) is 2.14. The van der Waals surface area contributed by atoms with E-state index in [4.69, 9.17) is 5.11 Å². The molecule has 0 saturated heterocycles. The molecule has 0 aromatic carbocycles. The lowest BCUT2D eigenvalue weighted by atomic mass is 10.2. The molecule has 0 aliphatic rings. The number of aromatic nitrogens is 1. The number of halogens is 1. The summed E-state index contributed by atoms with van der Waals surface area (Å²) in [6.45, 7) is 2.02. The van der Waals surface area contributed by atoms with Crippen LogP contribution in [0.3, 0.4) is 0 Å². The van der Waals surface area contributed by atoms with Crippen LogP contribution >= 0.6 is 15.9 Å². The number of carbonyl (C=O) groups excluding carboxylic acids is 1. The van der Waals surface area contributed by atoms with E-state index in [1.165, 1.54) is 11.1 Å². The Morgan fingerprint density at radius 3 is 2.65 bits per heavy atom.